The number of amides is 2. The van der Waals surface area contributed by atoms with Gasteiger partial charge in [0.25, 0.3) is 5.91 Å². The molecule has 2 heterocycles. The van der Waals surface area contributed by atoms with Gasteiger partial charge in [0.2, 0.25) is 5.91 Å². The summed E-state index contributed by atoms with van der Waals surface area (Å²) in [6, 6.07) is 11.5. The molecule has 2 amide bonds. The van der Waals surface area contributed by atoms with Gasteiger partial charge >= 0.3 is 0 Å². The molecule has 3 saturated carbocycles. The van der Waals surface area contributed by atoms with E-state index in [0.29, 0.717) is 12.1 Å². The second-order valence-corrected chi connectivity index (χ2v) is 9.18. The second kappa shape index (κ2) is 6.37. The highest BCUT2D eigenvalue weighted by Gasteiger charge is 2.60. The molecule has 3 aliphatic carbocycles. The van der Waals surface area contributed by atoms with Gasteiger partial charge in [-0.15, -0.1) is 0 Å². The lowest BCUT2D eigenvalue weighted by molar-refractivity contribution is -0.139. The first-order valence-electron chi connectivity index (χ1n) is 10.4. The maximum atomic E-state index is 13.0. The number of rotatable bonds is 3. The van der Waals surface area contributed by atoms with Crippen LogP contribution in [-0.2, 0) is 11.3 Å². The summed E-state index contributed by atoms with van der Waals surface area (Å²) in [6.07, 6.45) is 3.53. The fourth-order valence-electron chi connectivity index (χ4n) is 5.73. The van der Waals surface area contributed by atoms with Crippen LogP contribution in [0.4, 0.5) is 5.69 Å². The van der Waals surface area contributed by atoms with Crippen LogP contribution in [0.1, 0.15) is 54.5 Å². The average Bonchev–Trinajstić information content (AvgIpc) is 3.11. The minimum atomic E-state index is -0.465. The van der Waals surface area contributed by atoms with Gasteiger partial charge in [-0.25, -0.2) is 0 Å². The second-order valence-electron chi connectivity index (χ2n) is 9.18. The fourth-order valence-corrected chi connectivity index (χ4v) is 5.73. The minimum absolute atomic E-state index is 0.0234. The molecule has 1 aromatic carbocycles. The Morgan fingerprint density at radius 3 is 2.83 bits per heavy atom. The third kappa shape index (κ3) is 2.93. The number of fused-ring (bicyclic) bond motifs is 3. The van der Waals surface area contributed by atoms with Crippen LogP contribution < -0.4 is 16.0 Å². The van der Waals surface area contributed by atoms with Gasteiger partial charge in [0.15, 0.2) is 0 Å². The largest absolute Gasteiger partial charge is 0.465 e. The summed E-state index contributed by atoms with van der Waals surface area (Å²) >= 11 is 0. The van der Waals surface area contributed by atoms with Gasteiger partial charge < -0.3 is 20.4 Å². The molecular weight excluding hydrogens is 366 g/mol. The molecule has 29 heavy (non-hydrogen) atoms. The van der Waals surface area contributed by atoms with E-state index in [2.05, 4.69) is 22.9 Å². The van der Waals surface area contributed by atoms with E-state index < -0.39 is 5.66 Å². The van der Waals surface area contributed by atoms with Crippen molar-refractivity contribution in [2.75, 3.05) is 5.32 Å². The van der Waals surface area contributed by atoms with Crippen molar-refractivity contribution in [3.05, 3.63) is 53.5 Å². The molecule has 6 nitrogen and oxygen atoms in total. The quantitative estimate of drug-likeness (QED) is 0.744. The van der Waals surface area contributed by atoms with Crippen LogP contribution in [0, 0.1) is 24.2 Å². The molecule has 4 aliphatic rings. The molecule has 0 saturated heterocycles. The molecule has 1 aromatic heterocycles. The Labute approximate surface area is 170 Å². The number of hydrogen-bond donors (Lipinski definition) is 3. The number of nitrogens with one attached hydrogen (secondary N) is 3. The number of anilines is 1. The molecule has 0 radical (unpaired) electrons. The Morgan fingerprint density at radius 1 is 1.24 bits per heavy atom. The van der Waals surface area contributed by atoms with Crippen molar-refractivity contribution in [3.63, 3.8) is 0 Å². The summed E-state index contributed by atoms with van der Waals surface area (Å²) in [7, 11) is 0. The standard InChI is InChI=1S/C23H27N3O3/c1-14-7-8-16(29-14)12-24-21(28)18-11-15-9-10-22(18,2)13-23(15)25-19-6-4-3-5-17(19)20(27)26-23/h3-8,15,18,25H,9-13H2,1-2H3,(H,24,28)(H,26,27)/t15-,18+,22+,23-/m1/s1. The molecule has 2 aromatic rings. The Kier molecular flexibility index (Phi) is 4.02. The van der Waals surface area contributed by atoms with E-state index in [1.54, 1.807) is 0 Å². The number of aryl methyl sites for hydroxylation is 1. The topological polar surface area (TPSA) is 83.4 Å². The summed E-state index contributed by atoms with van der Waals surface area (Å²) in [5.41, 5.74) is 0.951. The van der Waals surface area contributed by atoms with Crippen LogP contribution in [0.2, 0.25) is 0 Å². The van der Waals surface area contributed by atoms with Crippen molar-refractivity contribution in [3.8, 4) is 0 Å². The van der Waals surface area contributed by atoms with Crippen molar-refractivity contribution in [1.29, 1.82) is 0 Å². The van der Waals surface area contributed by atoms with Crippen LogP contribution >= 0.6 is 0 Å². The molecule has 1 spiro atoms. The van der Waals surface area contributed by atoms with Gasteiger partial charge in [0.05, 0.1) is 12.1 Å². The number of hydrogen-bond acceptors (Lipinski definition) is 4. The average molecular weight is 393 g/mol. The predicted molar refractivity (Wildman–Crippen MR) is 109 cm³/mol. The summed E-state index contributed by atoms with van der Waals surface area (Å²) in [4.78, 5) is 25.8. The summed E-state index contributed by atoms with van der Waals surface area (Å²) in [6.45, 7) is 4.51. The number of carbonyl (C=O) groups excluding carboxylic acids is 2. The lowest BCUT2D eigenvalue weighted by atomic mass is 9.51. The third-order valence-corrected chi connectivity index (χ3v) is 7.22. The highest BCUT2D eigenvalue weighted by Crippen LogP contribution is 2.58. The first kappa shape index (κ1) is 18.3. The van der Waals surface area contributed by atoms with Crippen LogP contribution in [0.5, 0.6) is 0 Å². The highest BCUT2D eigenvalue weighted by molar-refractivity contribution is 6.02. The van der Waals surface area contributed by atoms with Crippen LogP contribution in [-0.4, -0.2) is 17.5 Å². The SMILES string of the molecule is Cc1ccc(CNC(=O)[C@@H]2C[C@H]3CC[C@@]2(C)C[C@@]32NC(=O)c3ccccc3N2)o1. The molecule has 6 heteroatoms. The molecule has 3 N–H and O–H groups in total. The van der Waals surface area contributed by atoms with E-state index in [-0.39, 0.29) is 29.1 Å². The number of furan rings is 1. The van der Waals surface area contributed by atoms with Gasteiger partial charge in [-0.3, -0.25) is 9.59 Å². The Balaban J connectivity index is 1.35. The fraction of sp³-hybridized carbons (Fsp3) is 0.478. The summed E-state index contributed by atoms with van der Waals surface area (Å²) in [5.74, 6) is 1.85. The molecule has 152 valence electrons. The zero-order valence-electron chi connectivity index (χ0n) is 16.9. The van der Waals surface area contributed by atoms with E-state index in [4.69, 9.17) is 4.42 Å². The summed E-state index contributed by atoms with van der Waals surface area (Å²) in [5, 5.41) is 9.98. The predicted octanol–water partition coefficient (Wildman–Crippen LogP) is 3.58. The first-order valence-corrected chi connectivity index (χ1v) is 10.4. The Bertz CT molecular complexity index is 983. The van der Waals surface area contributed by atoms with Crippen molar-refractivity contribution in [2.45, 2.75) is 51.7 Å². The van der Waals surface area contributed by atoms with E-state index in [1.165, 1.54) is 0 Å². The van der Waals surface area contributed by atoms with Gasteiger partial charge in [-0.05, 0) is 62.3 Å². The van der Waals surface area contributed by atoms with E-state index in [9.17, 15) is 9.59 Å². The highest BCUT2D eigenvalue weighted by atomic mass is 16.3. The van der Waals surface area contributed by atoms with E-state index in [0.717, 1.165) is 42.9 Å². The van der Waals surface area contributed by atoms with Crippen LogP contribution in [0.25, 0.3) is 0 Å². The Morgan fingerprint density at radius 2 is 2.07 bits per heavy atom. The maximum Gasteiger partial charge on any atom is 0.255 e. The Hall–Kier alpha value is -2.76. The number of para-hydroxylation sites is 1. The summed E-state index contributed by atoms with van der Waals surface area (Å²) < 4.78 is 5.57. The molecular formula is C23H27N3O3. The molecule has 0 unspecified atom stereocenters. The van der Waals surface area contributed by atoms with E-state index >= 15 is 0 Å². The van der Waals surface area contributed by atoms with Gasteiger partial charge in [0, 0.05) is 17.5 Å². The molecule has 1 aliphatic heterocycles. The lowest BCUT2D eigenvalue weighted by Crippen LogP contribution is -2.70. The third-order valence-electron chi connectivity index (χ3n) is 7.22. The van der Waals surface area contributed by atoms with Crippen LogP contribution in [0.3, 0.4) is 0 Å². The number of carbonyl (C=O) groups is 2. The smallest absolute Gasteiger partial charge is 0.255 e. The van der Waals surface area contributed by atoms with Gasteiger partial charge in [-0.1, -0.05) is 19.1 Å². The molecule has 4 atom stereocenters. The van der Waals surface area contributed by atoms with Gasteiger partial charge in [-0.2, -0.15) is 0 Å². The van der Waals surface area contributed by atoms with Crippen molar-refractivity contribution in [2.24, 2.45) is 17.3 Å². The lowest BCUT2D eigenvalue weighted by Gasteiger charge is -2.60. The molecule has 6 rings (SSSR count). The van der Waals surface area contributed by atoms with Crippen LogP contribution in [0.15, 0.2) is 40.8 Å². The first-order chi connectivity index (χ1) is 13.9. The number of benzene rings is 1. The zero-order chi connectivity index (χ0) is 20.2. The normalized spacial score (nSPS) is 32.4. The zero-order valence-corrected chi connectivity index (χ0v) is 16.9. The van der Waals surface area contributed by atoms with Gasteiger partial charge in [0.1, 0.15) is 17.2 Å². The van der Waals surface area contributed by atoms with Crippen molar-refractivity contribution in [1.82, 2.24) is 10.6 Å². The molecule has 3 fully saturated rings. The monoisotopic (exact) mass is 393 g/mol. The van der Waals surface area contributed by atoms with E-state index in [1.807, 2.05) is 43.3 Å². The van der Waals surface area contributed by atoms with Crippen molar-refractivity contribution >= 4 is 17.5 Å². The minimum Gasteiger partial charge on any atom is -0.465 e. The molecule has 2 bridgehead atoms. The van der Waals surface area contributed by atoms with Crippen molar-refractivity contribution < 1.29 is 14.0 Å². The maximum absolute atomic E-state index is 13.0.